The van der Waals surface area contributed by atoms with Gasteiger partial charge in [-0.15, -0.1) is 0 Å². The van der Waals surface area contributed by atoms with Crippen LogP contribution in [-0.2, 0) is 19.6 Å². The highest BCUT2D eigenvalue weighted by molar-refractivity contribution is 7.89. The third kappa shape index (κ3) is 5.43. The Morgan fingerprint density at radius 3 is 2.31 bits per heavy atom. The summed E-state index contributed by atoms with van der Waals surface area (Å²) >= 11 is 0. The lowest BCUT2D eigenvalue weighted by atomic mass is 10.2. The van der Waals surface area contributed by atoms with E-state index in [0.29, 0.717) is 6.54 Å². The van der Waals surface area contributed by atoms with E-state index < -0.39 is 28.0 Å². The van der Waals surface area contributed by atoms with Crippen LogP contribution in [0.4, 0.5) is 0 Å². The summed E-state index contributed by atoms with van der Waals surface area (Å²) in [6.45, 7) is 5.81. The molecule has 0 saturated heterocycles. The lowest BCUT2D eigenvalue weighted by molar-refractivity contribution is -0.129. The molecule has 0 fully saturated rings. The summed E-state index contributed by atoms with van der Waals surface area (Å²) in [6, 6.07) is 3.93. The molecule has 8 nitrogen and oxygen atoms in total. The molecule has 1 atom stereocenters. The molecule has 0 saturated carbocycles. The zero-order chi connectivity index (χ0) is 20.1. The highest BCUT2D eigenvalue weighted by Crippen LogP contribution is 2.27. The van der Waals surface area contributed by atoms with Crippen LogP contribution >= 0.6 is 0 Å². The second kappa shape index (κ2) is 9.00. The number of rotatable bonds is 8. The monoisotopic (exact) mass is 386 g/mol. The molecule has 0 aliphatic heterocycles. The predicted octanol–water partition coefficient (Wildman–Crippen LogP) is 1.26. The van der Waals surface area contributed by atoms with Gasteiger partial charge < -0.3 is 14.8 Å². The summed E-state index contributed by atoms with van der Waals surface area (Å²) in [5.74, 6) is -0.836. The Hall–Kier alpha value is -2.13. The first-order valence-corrected chi connectivity index (χ1v) is 9.54. The van der Waals surface area contributed by atoms with E-state index in [4.69, 9.17) is 9.47 Å². The first-order chi connectivity index (χ1) is 12.0. The topological polar surface area (TPSA) is 102 Å². The summed E-state index contributed by atoms with van der Waals surface area (Å²) in [5, 5.41) is 2.67. The number of nitrogens with zero attached hydrogens (tertiary/aromatic N) is 1. The van der Waals surface area contributed by atoms with E-state index in [1.807, 2.05) is 13.8 Å². The lowest BCUT2D eigenvalue weighted by Gasteiger charge is -2.17. The van der Waals surface area contributed by atoms with Gasteiger partial charge >= 0.3 is 5.97 Å². The van der Waals surface area contributed by atoms with E-state index in [1.165, 1.54) is 46.3 Å². The number of nitrogens with one attached hydrogen (secondary N) is 1. The van der Waals surface area contributed by atoms with Crippen molar-refractivity contribution in [3.63, 3.8) is 0 Å². The van der Waals surface area contributed by atoms with Crippen molar-refractivity contribution in [2.24, 2.45) is 5.92 Å². The Morgan fingerprint density at radius 2 is 1.81 bits per heavy atom. The molecule has 9 heteroatoms. The van der Waals surface area contributed by atoms with Crippen molar-refractivity contribution in [2.75, 3.05) is 27.7 Å². The number of benzene rings is 1. The van der Waals surface area contributed by atoms with E-state index in [0.717, 1.165) is 4.31 Å². The Balaban J connectivity index is 3.02. The van der Waals surface area contributed by atoms with Crippen molar-refractivity contribution in [1.82, 2.24) is 9.62 Å². The molecule has 26 heavy (non-hydrogen) atoms. The molecule has 1 aromatic carbocycles. The molecule has 0 unspecified atom stereocenters. The molecule has 1 aromatic rings. The maximum atomic E-state index is 12.4. The normalized spacial score (nSPS) is 12.8. The van der Waals surface area contributed by atoms with Crippen molar-refractivity contribution < 1.29 is 27.5 Å². The van der Waals surface area contributed by atoms with Crippen LogP contribution in [0.3, 0.4) is 0 Å². The van der Waals surface area contributed by atoms with E-state index in [2.05, 4.69) is 5.32 Å². The fourth-order valence-corrected chi connectivity index (χ4v) is 3.01. The maximum absolute atomic E-state index is 12.4. The number of esters is 1. The first-order valence-electron chi connectivity index (χ1n) is 8.10. The molecule has 1 N–H and O–H groups in total. The predicted molar refractivity (Wildman–Crippen MR) is 96.6 cm³/mol. The number of methoxy groups -OCH3 is 1. The van der Waals surface area contributed by atoms with Crippen molar-refractivity contribution in [1.29, 1.82) is 0 Å². The largest absolute Gasteiger partial charge is 0.495 e. The average Bonchev–Trinajstić information content (AvgIpc) is 2.58. The fourth-order valence-electron chi connectivity index (χ4n) is 1.93. The highest BCUT2D eigenvalue weighted by Gasteiger charge is 2.25. The number of amides is 1. The molecule has 0 radical (unpaired) electrons. The van der Waals surface area contributed by atoms with Crippen LogP contribution in [0.2, 0.25) is 0 Å². The first kappa shape index (κ1) is 21.9. The summed E-state index contributed by atoms with van der Waals surface area (Å²) in [4.78, 5) is 24.1. The van der Waals surface area contributed by atoms with Gasteiger partial charge in [0.2, 0.25) is 10.0 Å². The van der Waals surface area contributed by atoms with Crippen LogP contribution in [0.25, 0.3) is 0 Å². The van der Waals surface area contributed by atoms with Crippen molar-refractivity contribution in [2.45, 2.75) is 31.8 Å². The maximum Gasteiger partial charge on any atom is 0.338 e. The Morgan fingerprint density at radius 1 is 1.19 bits per heavy atom. The van der Waals surface area contributed by atoms with E-state index >= 15 is 0 Å². The number of carbonyl (C=O) groups is 2. The highest BCUT2D eigenvalue weighted by atomic mass is 32.2. The molecule has 0 spiro atoms. The van der Waals surface area contributed by atoms with Gasteiger partial charge in [0.25, 0.3) is 5.91 Å². The van der Waals surface area contributed by atoms with Crippen molar-refractivity contribution in [3.8, 4) is 5.75 Å². The van der Waals surface area contributed by atoms with Gasteiger partial charge in [0, 0.05) is 20.6 Å². The van der Waals surface area contributed by atoms with Gasteiger partial charge in [0.05, 0.1) is 12.7 Å². The summed E-state index contributed by atoms with van der Waals surface area (Å²) in [7, 11) is 0.271. The zero-order valence-electron chi connectivity index (χ0n) is 15.9. The summed E-state index contributed by atoms with van der Waals surface area (Å²) in [6.07, 6.45) is -1.00. The van der Waals surface area contributed by atoms with Gasteiger partial charge in [0.15, 0.2) is 6.10 Å². The van der Waals surface area contributed by atoms with Gasteiger partial charge in [-0.2, -0.15) is 0 Å². The SMILES string of the molecule is COc1ccc(C(=O)O[C@@H](C)C(=O)NCC(C)C)cc1S(=O)(=O)N(C)C. The molecular weight excluding hydrogens is 360 g/mol. The Kier molecular flexibility index (Phi) is 7.58. The van der Waals surface area contributed by atoms with Crippen LogP contribution in [0.1, 0.15) is 31.1 Å². The molecule has 0 aromatic heterocycles. The van der Waals surface area contributed by atoms with Gasteiger partial charge in [-0.25, -0.2) is 17.5 Å². The summed E-state index contributed by atoms with van der Waals surface area (Å²) < 4.78 is 36.0. The third-order valence-corrected chi connectivity index (χ3v) is 5.33. The minimum Gasteiger partial charge on any atom is -0.495 e. The number of sulfonamides is 1. The van der Waals surface area contributed by atoms with Crippen molar-refractivity contribution >= 4 is 21.9 Å². The molecule has 0 heterocycles. The van der Waals surface area contributed by atoms with Crippen LogP contribution in [0, 0.1) is 5.92 Å². The molecule has 146 valence electrons. The number of hydrogen-bond acceptors (Lipinski definition) is 6. The Bertz CT molecular complexity index is 759. The van der Waals surface area contributed by atoms with Crippen LogP contribution in [0.5, 0.6) is 5.75 Å². The molecule has 1 rings (SSSR count). The second-order valence-electron chi connectivity index (χ2n) is 6.34. The van der Waals surface area contributed by atoms with Gasteiger partial charge in [0.1, 0.15) is 10.6 Å². The molecule has 0 aliphatic rings. The zero-order valence-corrected chi connectivity index (χ0v) is 16.7. The van der Waals surface area contributed by atoms with Gasteiger partial charge in [-0.05, 0) is 31.0 Å². The second-order valence-corrected chi connectivity index (χ2v) is 8.46. The molecule has 1 amide bonds. The average molecular weight is 386 g/mol. The number of hydrogen-bond donors (Lipinski definition) is 1. The number of ether oxygens (including phenoxy) is 2. The minimum atomic E-state index is -3.82. The van der Waals surface area contributed by atoms with E-state index in [-0.39, 0.29) is 22.1 Å². The third-order valence-electron chi connectivity index (χ3n) is 3.50. The molecular formula is C17H26N2O6S. The van der Waals surface area contributed by atoms with Crippen LogP contribution in [-0.4, -0.2) is 58.5 Å². The molecule has 0 bridgehead atoms. The van der Waals surface area contributed by atoms with Gasteiger partial charge in [-0.3, -0.25) is 4.79 Å². The fraction of sp³-hybridized carbons (Fsp3) is 0.529. The minimum absolute atomic E-state index is 0.00901. The van der Waals surface area contributed by atoms with Crippen molar-refractivity contribution in [3.05, 3.63) is 23.8 Å². The van der Waals surface area contributed by atoms with E-state index in [1.54, 1.807) is 0 Å². The van der Waals surface area contributed by atoms with Crippen LogP contribution < -0.4 is 10.1 Å². The Labute approximate surface area is 154 Å². The molecule has 0 aliphatic carbocycles. The quantitative estimate of drug-likeness (QED) is 0.675. The smallest absolute Gasteiger partial charge is 0.338 e. The van der Waals surface area contributed by atoms with Gasteiger partial charge in [-0.1, -0.05) is 13.8 Å². The van der Waals surface area contributed by atoms with Crippen LogP contribution in [0.15, 0.2) is 23.1 Å². The standard InChI is InChI=1S/C17H26N2O6S/c1-11(2)10-18-16(20)12(3)25-17(21)13-7-8-14(24-6)15(9-13)26(22,23)19(4)5/h7-9,11-12H,10H2,1-6H3,(H,18,20)/t12-/m0/s1. The number of carbonyl (C=O) groups excluding carboxylic acids is 2. The lowest BCUT2D eigenvalue weighted by Crippen LogP contribution is -2.37. The summed E-state index contributed by atoms with van der Waals surface area (Å²) in [5.41, 5.74) is 0.00901. The van der Waals surface area contributed by atoms with E-state index in [9.17, 15) is 18.0 Å².